The Labute approximate surface area is 112 Å². The van der Waals surface area contributed by atoms with Gasteiger partial charge in [0.2, 0.25) is 0 Å². The van der Waals surface area contributed by atoms with Crippen molar-refractivity contribution in [1.29, 1.82) is 0 Å². The molecule has 1 N–H and O–H groups in total. The number of fused-ring (bicyclic) bond motifs is 1. The van der Waals surface area contributed by atoms with Gasteiger partial charge in [-0.15, -0.1) is 0 Å². The number of para-hydroxylation sites is 1. The maximum absolute atomic E-state index is 4.46. The van der Waals surface area contributed by atoms with Crippen LogP contribution in [-0.4, -0.2) is 9.97 Å². The lowest BCUT2D eigenvalue weighted by molar-refractivity contribution is 1.10. The lowest BCUT2D eigenvalue weighted by atomic mass is 10.1. The molecule has 0 aliphatic carbocycles. The van der Waals surface area contributed by atoms with Gasteiger partial charge < -0.3 is 5.32 Å². The Bertz CT molecular complexity index is 702. The number of hydrogen-bond acceptors (Lipinski definition) is 3. The van der Waals surface area contributed by atoms with Crippen LogP contribution in [0.15, 0.2) is 54.9 Å². The molecule has 3 aromatic rings. The maximum atomic E-state index is 4.46. The third-order valence-corrected chi connectivity index (χ3v) is 3.17. The first-order valence-electron chi connectivity index (χ1n) is 6.33. The van der Waals surface area contributed by atoms with E-state index in [-0.39, 0.29) is 0 Å². The van der Waals surface area contributed by atoms with Crippen molar-refractivity contribution < 1.29 is 0 Å². The first-order valence-corrected chi connectivity index (χ1v) is 6.33. The van der Waals surface area contributed by atoms with E-state index in [1.165, 1.54) is 10.9 Å². The van der Waals surface area contributed by atoms with Crippen molar-refractivity contribution in [3.05, 3.63) is 66.0 Å². The highest BCUT2D eigenvalue weighted by Gasteiger charge is 2.03. The number of hydrogen-bond donors (Lipinski definition) is 1. The van der Waals surface area contributed by atoms with Gasteiger partial charge in [0.1, 0.15) is 5.82 Å². The van der Waals surface area contributed by atoms with E-state index in [9.17, 15) is 0 Å². The lowest BCUT2D eigenvalue weighted by Gasteiger charge is -2.09. The number of anilines is 1. The first kappa shape index (κ1) is 11.7. The molecule has 3 heteroatoms. The summed E-state index contributed by atoms with van der Waals surface area (Å²) in [5.74, 6) is 0.926. The predicted molar refractivity (Wildman–Crippen MR) is 78.0 cm³/mol. The molecule has 0 fully saturated rings. The van der Waals surface area contributed by atoms with Gasteiger partial charge in [0.25, 0.3) is 0 Å². The fourth-order valence-corrected chi connectivity index (χ4v) is 2.16. The Morgan fingerprint density at radius 3 is 2.63 bits per heavy atom. The standard InChI is InChI=1S/C16H15N3/c1-12-5-3-10-18-16(12)19-11-14-7-2-6-13-8-4-9-17-15(13)14/h2-10H,11H2,1H3,(H,18,19). The van der Waals surface area contributed by atoms with Gasteiger partial charge in [0.05, 0.1) is 5.52 Å². The number of nitrogens with zero attached hydrogens (tertiary/aromatic N) is 2. The monoisotopic (exact) mass is 249 g/mol. The SMILES string of the molecule is Cc1cccnc1NCc1cccc2cccnc12. The van der Waals surface area contributed by atoms with Gasteiger partial charge in [0, 0.05) is 24.3 Å². The molecule has 0 aliphatic heterocycles. The molecule has 0 radical (unpaired) electrons. The molecule has 3 rings (SSSR count). The van der Waals surface area contributed by atoms with E-state index in [1.54, 1.807) is 6.20 Å². The molecule has 0 aliphatic rings. The molecule has 3 nitrogen and oxygen atoms in total. The Balaban J connectivity index is 1.88. The summed E-state index contributed by atoms with van der Waals surface area (Å²) >= 11 is 0. The van der Waals surface area contributed by atoms with Gasteiger partial charge in [-0.1, -0.05) is 30.3 Å². The summed E-state index contributed by atoms with van der Waals surface area (Å²) in [6.07, 6.45) is 3.63. The summed E-state index contributed by atoms with van der Waals surface area (Å²) in [7, 11) is 0. The van der Waals surface area contributed by atoms with Crippen LogP contribution in [0.1, 0.15) is 11.1 Å². The van der Waals surface area contributed by atoms with Crippen LogP contribution >= 0.6 is 0 Å². The predicted octanol–water partition coefficient (Wildman–Crippen LogP) is 3.55. The molecule has 19 heavy (non-hydrogen) atoms. The molecule has 0 saturated heterocycles. The van der Waals surface area contributed by atoms with Gasteiger partial charge >= 0.3 is 0 Å². The normalized spacial score (nSPS) is 10.6. The molecule has 0 amide bonds. The van der Waals surface area contributed by atoms with Crippen LogP contribution in [0.25, 0.3) is 10.9 Å². The minimum Gasteiger partial charge on any atom is -0.366 e. The van der Waals surface area contributed by atoms with Crippen LogP contribution in [0, 0.1) is 6.92 Å². The Hall–Kier alpha value is -2.42. The van der Waals surface area contributed by atoms with E-state index in [1.807, 2.05) is 18.3 Å². The van der Waals surface area contributed by atoms with Crippen LogP contribution in [0.5, 0.6) is 0 Å². The summed E-state index contributed by atoms with van der Waals surface area (Å²) in [6.45, 7) is 2.78. The third-order valence-electron chi connectivity index (χ3n) is 3.17. The van der Waals surface area contributed by atoms with Crippen molar-refractivity contribution in [3.63, 3.8) is 0 Å². The molecule has 0 bridgehead atoms. The molecule has 2 aromatic heterocycles. The van der Waals surface area contributed by atoms with Crippen LogP contribution in [0.4, 0.5) is 5.82 Å². The number of aromatic nitrogens is 2. The van der Waals surface area contributed by atoms with Crippen LogP contribution in [0.3, 0.4) is 0 Å². The zero-order chi connectivity index (χ0) is 13.1. The highest BCUT2D eigenvalue weighted by Crippen LogP contribution is 2.18. The molecule has 2 heterocycles. The van der Waals surface area contributed by atoms with Crippen molar-refractivity contribution in [3.8, 4) is 0 Å². The zero-order valence-corrected chi connectivity index (χ0v) is 10.8. The van der Waals surface area contributed by atoms with E-state index >= 15 is 0 Å². The number of aryl methyl sites for hydroxylation is 1. The van der Waals surface area contributed by atoms with E-state index < -0.39 is 0 Å². The summed E-state index contributed by atoms with van der Waals surface area (Å²) in [5, 5.41) is 4.54. The minimum atomic E-state index is 0.728. The quantitative estimate of drug-likeness (QED) is 0.771. The van der Waals surface area contributed by atoms with E-state index in [2.05, 4.69) is 52.5 Å². The fraction of sp³-hybridized carbons (Fsp3) is 0.125. The van der Waals surface area contributed by atoms with Crippen molar-refractivity contribution in [2.24, 2.45) is 0 Å². The molecular weight excluding hydrogens is 234 g/mol. The topological polar surface area (TPSA) is 37.8 Å². The molecular formula is C16H15N3. The summed E-state index contributed by atoms with van der Waals surface area (Å²) < 4.78 is 0. The van der Waals surface area contributed by atoms with Crippen LogP contribution in [-0.2, 0) is 6.54 Å². The lowest BCUT2D eigenvalue weighted by Crippen LogP contribution is -2.03. The van der Waals surface area contributed by atoms with Crippen LogP contribution < -0.4 is 5.32 Å². The minimum absolute atomic E-state index is 0.728. The van der Waals surface area contributed by atoms with E-state index in [4.69, 9.17) is 0 Å². The summed E-state index contributed by atoms with van der Waals surface area (Å²) in [5.41, 5.74) is 3.38. The van der Waals surface area contributed by atoms with E-state index in [0.717, 1.165) is 23.4 Å². The number of rotatable bonds is 3. The largest absolute Gasteiger partial charge is 0.366 e. The van der Waals surface area contributed by atoms with Crippen LogP contribution in [0.2, 0.25) is 0 Å². The third kappa shape index (κ3) is 2.40. The second-order valence-electron chi connectivity index (χ2n) is 4.51. The molecule has 0 spiro atoms. The molecule has 0 atom stereocenters. The molecule has 94 valence electrons. The smallest absolute Gasteiger partial charge is 0.129 e. The number of benzene rings is 1. The Kier molecular flexibility index (Phi) is 3.11. The van der Waals surface area contributed by atoms with Crippen molar-refractivity contribution in [2.75, 3.05) is 5.32 Å². The molecule has 0 saturated carbocycles. The van der Waals surface area contributed by atoms with Gasteiger partial charge in [-0.25, -0.2) is 4.98 Å². The van der Waals surface area contributed by atoms with Gasteiger partial charge in [0.15, 0.2) is 0 Å². The van der Waals surface area contributed by atoms with Crippen molar-refractivity contribution >= 4 is 16.7 Å². The number of nitrogens with one attached hydrogen (secondary N) is 1. The number of pyridine rings is 2. The molecule has 0 unspecified atom stereocenters. The fourth-order valence-electron chi connectivity index (χ4n) is 2.16. The second kappa shape index (κ2) is 5.06. The average Bonchev–Trinajstić information content (AvgIpc) is 2.46. The maximum Gasteiger partial charge on any atom is 0.129 e. The zero-order valence-electron chi connectivity index (χ0n) is 10.8. The highest BCUT2D eigenvalue weighted by atomic mass is 15.0. The first-order chi connectivity index (χ1) is 9.34. The van der Waals surface area contributed by atoms with Gasteiger partial charge in [-0.2, -0.15) is 0 Å². The van der Waals surface area contributed by atoms with Gasteiger partial charge in [-0.3, -0.25) is 4.98 Å². The van der Waals surface area contributed by atoms with Gasteiger partial charge in [-0.05, 0) is 30.2 Å². The Morgan fingerprint density at radius 2 is 1.74 bits per heavy atom. The average molecular weight is 249 g/mol. The van der Waals surface area contributed by atoms with E-state index in [0.29, 0.717) is 0 Å². The second-order valence-corrected chi connectivity index (χ2v) is 4.51. The highest BCUT2D eigenvalue weighted by molar-refractivity contribution is 5.81. The van der Waals surface area contributed by atoms with Crippen molar-refractivity contribution in [1.82, 2.24) is 9.97 Å². The van der Waals surface area contributed by atoms with Crippen molar-refractivity contribution in [2.45, 2.75) is 13.5 Å². The summed E-state index contributed by atoms with van der Waals surface area (Å²) in [6, 6.07) is 14.3. The Morgan fingerprint density at radius 1 is 0.947 bits per heavy atom. The summed E-state index contributed by atoms with van der Waals surface area (Å²) in [4.78, 5) is 8.80. The molecule has 1 aromatic carbocycles.